The Kier molecular flexibility index (Phi) is 3.70. The molecule has 0 aliphatic carbocycles. The lowest BCUT2D eigenvalue weighted by Gasteiger charge is -2.27. The topological polar surface area (TPSA) is 65.1 Å². The molecule has 0 aromatic carbocycles. The Morgan fingerprint density at radius 2 is 2.00 bits per heavy atom. The molecule has 0 amide bonds. The Labute approximate surface area is 77.1 Å². The summed E-state index contributed by atoms with van der Waals surface area (Å²) in [5.41, 5.74) is 8.09. The molecule has 1 fully saturated rings. The normalized spacial score (nSPS) is 20.7. The third-order valence-electron chi connectivity index (χ3n) is 2.02. The molecule has 0 saturated carbocycles. The molecule has 74 valence electrons. The van der Waals surface area contributed by atoms with Crippen molar-refractivity contribution in [1.29, 1.82) is 5.41 Å². The second-order valence-corrected chi connectivity index (χ2v) is 3.07. The van der Waals surface area contributed by atoms with Gasteiger partial charge < -0.3 is 16.6 Å². The van der Waals surface area contributed by atoms with Crippen LogP contribution in [0, 0.1) is 5.41 Å². The molecule has 13 heavy (non-hydrogen) atoms. The Hall–Kier alpha value is -1.10. The number of hydrogen-bond acceptors (Lipinski definition) is 4. The fourth-order valence-corrected chi connectivity index (χ4v) is 1.31. The van der Waals surface area contributed by atoms with Gasteiger partial charge >= 0.3 is 0 Å². The molecule has 1 aliphatic rings. The third-order valence-corrected chi connectivity index (χ3v) is 2.02. The predicted octanol–water partition coefficient (Wildman–Crippen LogP) is 0.724. The summed E-state index contributed by atoms with van der Waals surface area (Å²) in [6.45, 7) is 1.76. The molecule has 1 aliphatic heterocycles. The van der Waals surface area contributed by atoms with Crippen LogP contribution in [0.25, 0.3) is 0 Å². The van der Waals surface area contributed by atoms with Crippen molar-refractivity contribution in [3.05, 3.63) is 11.6 Å². The maximum Gasteiger partial charge on any atom is 0.181 e. The summed E-state index contributed by atoms with van der Waals surface area (Å²) in [6, 6.07) is 0. The number of hydrogen-bond donors (Lipinski definition) is 3. The van der Waals surface area contributed by atoms with Gasteiger partial charge in [-0.2, -0.15) is 0 Å². The lowest BCUT2D eigenvalue weighted by atomic mass is 10.2. The summed E-state index contributed by atoms with van der Waals surface area (Å²) >= 11 is 0. The zero-order valence-corrected chi connectivity index (χ0v) is 7.52. The molecule has 4 N–H and O–H groups in total. The SMILES string of the molecule is N=C/C(F)=C(\N)NN1CCCCC1. The molecule has 1 heterocycles. The van der Waals surface area contributed by atoms with E-state index in [0.717, 1.165) is 25.9 Å². The second-order valence-electron chi connectivity index (χ2n) is 3.07. The van der Waals surface area contributed by atoms with Crippen LogP contribution in [0.3, 0.4) is 0 Å². The Balaban J connectivity index is 2.42. The monoisotopic (exact) mass is 186 g/mol. The fourth-order valence-electron chi connectivity index (χ4n) is 1.31. The van der Waals surface area contributed by atoms with E-state index in [2.05, 4.69) is 5.43 Å². The van der Waals surface area contributed by atoms with Gasteiger partial charge in [0.2, 0.25) is 0 Å². The Morgan fingerprint density at radius 3 is 2.54 bits per heavy atom. The first-order valence-electron chi connectivity index (χ1n) is 4.41. The van der Waals surface area contributed by atoms with Gasteiger partial charge in [-0.3, -0.25) is 0 Å². The quantitative estimate of drug-likeness (QED) is 0.569. The van der Waals surface area contributed by atoms with Gasteiger partial charge in [0.25, 0.3) is 0 Å². The minimum absolute atomic E-state index is 0.0723. The molecule has 0 atom stereocenters. The number of piperidine rings is 1. The van der Waals surface area contributed by atoms with Crippen molar-refractivity contribution in [2.45, 2.75) is 19.3 Å². The molecular formula is C8H15FN4. The van der Waals surface area contributed by atoms with Gasteiger partial charge in [0, 0.05) is 13.1 Å². The highest BCUT2D eigenvalue weighted by atomic mass is 19.1. The van der Waals surface area contributed by atoms with E-state index in [0.29, 0.717) is 6.21 Å². The second kappa shape index (κ2) is 4.81. The van der Waals surface area contributed by atoms with Crippen molar-refractivity contribution in [2.24, 2.45) is 5.73 Å². The van der Waals surface area contributed by atoms with Crippen LogP contribution in [-0.2, 0) is 0 Å². The zero-order chi connectivity index (χ0) is 9.68. The molecule has 5 heteroatoms. The summed E-state index contributed by atoms with van der Waals surface area (Å²) in [7, 11) is 0. The van der Waals surface area contributed by atoms with Crippen molar-refractivity contribution in [1.82, 2.24) is 10.4 Å². The van der Waals surface area contributed by atoms with Crippen LogP contribution >= 0.6 is 0 Å². The smallest absolute Gasteiger partial charge is 0.181 e. The molecule has 4 nitrogen and oxygen atoms in total. The van der Waals surface area contributed by atoms with Gasteiger partial charge in [-0.05, 0) is 12.8 Å². The van der Waals surface area contributed by atoms with E-state index >= 15 is 0 Å². The average molecular weight is 186 g/mol. The van der Waals surface area contributed by atoms with E-state index in [1.54, 1.807) is 0 Å². The Bertz CT molecular complexity index is 208. The van der Waals surface area contributed by atoms with Gasteiger partial charge in [-0.25, -0.2) is 9.40 Å². The lowest BCUT2D eigenvalue weighted by Crippen LogP contribution is -2.43. The molecule has 1 rings (SSSR count). The number of allylic oxidation sites excluding steroid dienone is 1. The highest BCUT2D eigenvalue weighted by molar-refractivity contribution is 5.73. The largest absolute Gasteiger partial charge is 0.382 e. The van der Waals surface area contributed by atoms with Gasteiger partial charge in [-0.1, -0.05) is 6.42 Å². The van der Waals surface area contributed by atoms with Gasteiger partial charge in [0.15, 0.2) is 5.83 Å². The van der Waals surface area contributed by atoms with E-state index in [-0.39, 0.29) is 5.82 Å². The lowest BCUT2D eigenvalue weighted by molar-refractivity contribution is 0.172. The number of nitrogens with two attached hydrogens (primary N) is 1. The summed E-state index contributed by atoms with van der Waals surface area (Å²) in [6.07, 6.45) is 4.03. The van der Waals surface area contributed by atoms with Gasteiger partial charge in [0.05, 0.1) is 6.21 Å². The summed E-state index contributed by atoms with van der Waals surface area (Å²) in [5.74, 6) is -0.789. The predicted molar refractivity (Wildman–Crippen MR) is 49.7 cm³/mol. The fraction of sp³-hybridized carbons (Fsp3) is 0.625. The van der Waals surface area contributed by atoms with E-state index in [1.165, 1.54) is 6.42 Å². The summed E-state index contributed by atoms with van der Waals surface area (Å²) < 4.78 is 12.7. The molecule has 1 saturated heterocycles. The van der Waals surface area contributed by atoms with Crippen molar-refractivity contribution in [2.75, 3.05) is 13.1 Å². The van der Waals surface area contributed by atoms with Crippen molar-refractivity contribution >= 4 is 6.21 Å². The molecule has 0 bridgehead atoms. The van der Waals surface area contributed by atoms with E-state index in [1.807, 2.05) is 5.01 Å². The maximum atomic E-state index is 12.7. The van der Waals surface area contributed by atoms with Crippen molar-refractivity contribution in [3.8, 4) is 0 Å². The molecule has 0 radical (unpaired) electrons. The van der Waals surface area contributed by atoms with Crippen LogP contribution in [0.5, 0.6) is 0 Å². The zero-order valence-electron chi connectivity index (χ0n) is 7.52. The van der Waals surface area contributed by atoms with Crippen LogP contribution in [0.4, 0.5) is 4.39 Å². The highest BCUT2D eigenvalue weighted by Crippen LogP contribution is 2.07. The van der Waals surface area contributed by atoms with Crippen molar-refractivity contribution in [3.63, 3.8) is 0 Å². The maximum absolute atomic E-state index is 12.7. The van der Waals surface area contributed by atoms with Gasteiger partial charge in [-0.15, -0.1) is 0 Å². The molecule has 0 spiro atoms. The van der Waals surface area contributed by atoms with Crippen LogP contribution in [0.15, 0.2) is 11.6 Å². The molecular weight excluding hydrogens is 171 g/mol. The van der Waals surface area contributed by atoms with Crippen LogP contribution in [-0.4, -0.2) is 24.3 Å². The van der Waals surface area contributed by atoms with Crippen LogP contribution in [0.1, 0.15) is 19.3 Å². The third kappa shape index (κ3) is 3.02. The minimum atomic E-state index is -0.717. The summed E-state index contributed by atoms with van der Waals surface area (Å²) in [5, 5.41) is 8.54. The first-order valence-corrected chi connectivity index (χ1v) is 4.41. The number of nitrogens with one attached hydrogen (secondary N) is 2. The summed E-state index contributed by atoms with van der Waals surface area (Å²) in [4.78, 5) is 0. The van der Waals surface area contributed by atoms with E-state index in [9.17, 15) is 4.39 Å². The number of hydrazine groups is 1. The van der Waals surface area contributed by atoms with Crippen LogP contribution in [0.2, 0.25) is 0 Å². The van der Waals surface area contributed by atoms with Crippen LogP contribution < -0.4 is 11.2 Å². The Morgan fingerprint density at radius 1 is 1.38 bits per heavy atom. The number of nitrogens with zero attached hydrogens (tertiary/aromatic N) is 1. The molecule has 0 unspecified atom stereocenters. The molecule has 0 aromatic rings. The average Bonchev–Trinajstić information content (AvgIpc) is 2.18. The standard InChI is InChI=1S/C8H15FN4/c9-7(6-10)8(11)12-13-4-2-1-3-5-13/h6,10,12H,1-5,11H2/b8-7-,10-6?. The first kappa shape index (κ1) is 9.98. The number of rotatable bonds is 3. The molecule has 0 aromatic heterocycles. The first-order chi connectivity index (χ1) is 6.24. The number of halogens is 1. The van der Waals surface area contributed by atoms with E-state index < -0.39 is 5.83 Å². The highest BCUT2D eigenvalue weighted by Gasteiger charge is 2.10. The van der Waals surface area contributed by atoms with Crippen molar-refractivity contribution < 1.29 is 4.39 Å². The minimum Gasteiger partial charge on any atom is -0.382 e. The van der Waals surface area contributed by atoms with Gasteiger partial charge in [0.1, 0.15) is 5.82 Å². The van der Waals surface area contributed by atoms with E-state index in [4.69, 9.17) is 11.1 Å².